The van der Waals surface area contributed by atoms with Crippen LogP contribution in [0.15, 0.2) is 0 Å². The Morgan fingerprint density at radius 1 is 1.40 bits per heavy atom. The number of methoxy groups -OCH3 is 1. The Bertz CT molecular complexity index is 311. The summed E-state index contributed by atoms with van der Waals surface area (Å²) in [6, 6.07) is -0.275. The third kappa shape index (κ3) is 3.79. The molecule has 0 saturated carbocycles. The zero-order valence-electron chi connectivity index (χ0n) is 9.02. The van der Waals surface area contributed by atoms with Gasteiger partial charge in [0.05, 0.1) is 18.6 Å². The zero-order chi connectivity index (χ0) is 11.5. The summed E-state index contributed by atoms with van der Waals surface area (Å²) in [5.41, 5.74) is 0. The van der Waals surface area contributed by atoms with Crippen molar-refractivity contribution >= 4 is 15.8 Å². The minimum absolute atomic E-state index is 0.0997. The van der Waals surface area contributed by atoms with Crippen LogP contribution in [-0.4, -0.2) is 45.1 Å². The zero-order valence-corrected chi connectivity index (χ0v) is 9.84. The van der Waals surface area contributed by atoms with Gasteiger partial charge in [0.2, 0.25) is 0 Å². The van der Waals surface area contributed by atoms with Crippen LogP contribution in [0.5, 0.6) is 0 Å². The standard InChI is InChI=1S/C9H17NO4S/c1-7(9(11)14-2)10-8-3-5-15(12,13)6-4-8/h7-8,10H,3-6H2,1-2H3. The summed E-state index contributed by atoms with van der Waals surface area (Å²) in [5.74, 6) is 0.0975. The average Bonchev–Trinajstić information content (AvgIpc) is 2.20. The lowest BCUT2D eigenvalue weighted by Crippen LogP contribution is -2.45. The van der Waals surface area contributed by atoms with Crippen molar-refractivity contribution in [3.8, 4) is 0 Å². The molecular weight excluding hydrogens is 218 g/mol. The molecule has 0 aliphatic carbocycles. The maximum Gasteiger partial charge on any atom is 0.322 e. The molecule has 0 aromatic rings. The molecule has 15 heavy (non-hydrogen) atoms. The first-order chi connectivity index (χ1) is 6.94. The second-order valence-corrected chi connectivity index (χ2v) is 6.14. The van der Waals surface area contributed by atoms with Gasteiger partial charge in [-0.1, -0.05) is 0 Å². The number of hydrogen-bond acceptors (Lipinski definition) is 5. The Morgan fingerprint density at radius 3 is 2.40 bits per heavy atom. The Kier molecular flexibility index (Phi) is 4.10. The maximum atomic E-state index is 11.2. The lowest BCUT2D eigenvalue weighted by atomic mass is 10.1. The maximum absolute atomic E-state index is 11.2. The van der Waals surface area contributed by atoms with E-state index in [9.17, 15) is 13.2 Å². The number of carbonyl (C=O) groups is 1. The number of hydrogen-bond donors (Lipinski definition) is 1. The Morgan fingerprint density at radius 2 is 1.93 bits per heavy atom. The first-order valence-electron chi connectivity index (χ1n) is 4.99. The average molecular weight is 235 g/mol. The summed E-state index contributed by atoms with van der Waals surface area (Å²) in [5, 5.41) is 3.07. The highest BCUT2D eigenvalue weighted by Gasteiger charge is 2.26. The van der Waals surface area contributed by atoms with Gasteiger partial charge < -0.3 is 10.1 Å². The fourth-order valence-electron chi connectivity index (χ4n) is 1.66. The molecule has 0 radical (unpaired) electrons. The minimum atomic E-state index is -2.83. The van der Waals surface area contributed by atoms with Crippen LogP contribution in [0.4, 0.5) is 0 Å². The summed E-state index contributed by atoms with van der Waals surface area (Å²) >= 11 is 0. The molecule has 0 spiro atoms. The Hall–Kier alpha value is -0.620. The number of rotatable bonds is 3. The molecule has 1 saturated heterocycles. The van der Waals surface area contributed by atoms with Crippen LogP contribution in [0, 0.1) is 0 Å². The summed E-state index contributed by atoms with van der Waals surface area (Å²) in [7, 11) is -1.49. The van der Waals surface area contributed by atoms with Crippen molar-refractivity contribution in [2.75, 3.05) is 18.6 Å². The van der Waals surface area contributed by atoms with E-state index in [4.69, 9.17) is 0 Å². The molecule has 1 heterocycles. The normalized spacial score (nSPS) is 23.3. The SMILES string of the molecule is COC(=O)C(C)NC1CCS(=O)(=O)CC1. The van der Waals surface area contributed by atoms with Crippen LogP contribution in [0.3, 0.4) is 0 Å². The van der Waals surface area contributed by atoms with Crippen LogP contribution < -0.4 is 5.32 Å². The van der Waals surface area contributed by atoms with E-state index in [0.29, 0.717) is 12.8 Å². The predicted molar refractivity (Wildman–Crippen MR) is 56.3 cm³/mol. The summed E-state index contributed by atoms with van der Waals surface area (Å²) < 4.78 is 26.9. The number of carbonyl (C=O) groups excluding carboxylic acids is 1. The largest absolute Gasteiger partial charge is 0.468 e. The van der Waals surface area contributed by atoms with Gasteiger partial charge in [-0.3, -0.25) is 4.79 Å². The molecule has 1 unspecified atom stereocenters. The number of nitrogens with one attached hydrogen (secondary N) is 1. The molecule has 1 atom stereocenters. The molecule has 1 fully saturated rings. The molecule has 88 valence electrons. The highest BCUT2D eigenvalue weighted by Crippen LogP contribution is 2.12. The molecule has 5 nitrogen and oxygen atoms in total. The number of ether oxygens (including phenoxy) is 1. The van der Waals surface area contributed by atoms with Gasteiger partial charge >= 0.3 is 5.97 Å². The summed E-state index contributed by atoms with van der Waals surface area (Å²) in [6.07, 6.45) is 1.15. The molecule has 1 N–H and O–H groups in total. The van der Waals surface area contributed by atoms with Crippen molar-refractivity contribution in [1.82, 2.24) is 5.32 Å². The number of esters is 1. The van der Waals surface area contributed by atoms with Crippen molar-refractivity contribution in [1.29, 1.82) is 0 Å². The summed E-state index contributed by atoms with van der Waals surface area (Å²) in [4.78, 5) is 11.1. The molecular formula is C9H17NO4S. The molecule has 0 aromatic heterocycles. The van der Waals surface area contributed by atoms with E-state index < -0.39 is 9.84 Å². The molecule has 0 amide bonds. The van der Waals surface area contributed by atoms with Crippen LogP contribution in [0.25, 0.3) is 0 Å². The van der Waals surface area contributed by atoms with Gasteiger partial charge in [-0.2, -0.15) is 0 Å². The van der Waals surface area contributed by atoms with Gasteiger partial charge in [-0.15, -0.1) is 0 Å². The van der Waals surface area contributed by atoms with Crippen LogP contribution in [0.2, 0.25) is 0 Å². The highest BCUT2D eigenvalue weighted by atomic mass is 32.2. The van der Waals surface area contributed by atoms with Gasteiger partial charge in [-0.25, -0.2) is 8.42 Å². The third-order valence-electron chi connectivity index (χ3n) is 2.60. The van der Waals surface area contributed by atoms with Crippen molar-refractivity contribution in [3.63, 3.8) is 0 Å². The van der Waals surface area contributed by atoms with E-state index in [2.05, 4.69) is 10.1 Å². The van der Waals surface area contributed by atoms with Gasteiger partial charge in [0.1, 0.15) is 15.9 Å². The minimum Gasteiger partial charge on any atom is -0.468 e. The second-order valence-electron chi connectivity index (χ2n) is 3.84. The Labute approximate surface area is 90.1 Å². The second kappa shape index (κ2) is 4.94. The molecule has 1 aliphatic rings. The number of sulfone groups is 1. The van der Waals surface area contributed by atoms with Crippen molar-refractivity contribution < 1.29 is 17.9 Å². The first kappa shape index (κ1) is 12.4. The topological polar surface area (TPSA) is 72.5 Å². The van der Waals surface area contributed by atoms with Crippen molar-refractivity contribution in [2.45, 2.75) is 31.8 Å². The Balaban J connectivity index is 2.39. The van der Waals surface area contributed by atoms with E-state index >= 15 is 0 Å². The third-order valence-corrected chi connectivity index (χ3v) is 4.31. The molecule has 1 rings (SSSR count). The van der Waals surface area contributed by atoms with Crippen LogP contribution >= 0.6 is 0 Å². The fraction of sp³-hybridized carbons (Fsp3) is 0.889. The fourth-order valence-corrected chi connectivity index (χ4v) is 3.15. The van der Waals surface area contributed by atoms with E-state index in [1.807, 2.05) is 0 Å². The van der Waals surface area contributed by atoms with Crippen LogP contribution in [0.1, 0.15) is 19.8 Å². The molecule has 1 aliphatic heterocycles. The predicted octanol–water partition coefficient (Wildman–Crippen LogP) is -0.285. The summed E-state index contributed by atoms with van der Waals surface area (Å²) in [6.45, 7) is 1.72. The van der Waals surface area contributed by atoms with E-state index in [1.165, 1.54) is 7.11 Å². The van der Waals surface area contributed by atoms with Crippen molar-refractivity contribution in [2.24, 2.45) is 0 Å². The molecule has 0 bridgehead atoms. The van der Waals surface area contributed by atoms with Gasteiger partial charge in [0.25, 0.3) is 0 Å². The van der Waals surface area contributed by atoms with Gasteiger partial charge in [-0.05, 0) is 19.8 Å². The highest BCUT2D eigenvalue weighted by molar-refractivity contribution is 7.91. The van der Waals surface area contributed by atoms with Crippen LogP contribution in [-0.2, 0) is 19.4 Å². The van der Waals surface area contributed by atoms with E-state index in [0.717, 1.165) is 0 Å². The quantitative estimate of drug-likeness (QED) is 0.681. The lowest BCUT2D eigenvalue weighted by Gasteiger charge is -2.25. The smallest absolute Gasteiger partial charge is 0.322 e. The van der Waals surface area contributed by atoms with E-state index in [-0.39, 0.29) is 29.6 Å². The van der Waals surface area contributed by atoms with Gasteiger partial charge in [0.15, 0.2) is 0 Å². The van der Waals surface area contributed by atoms with E-state index in [1.54, 1.807) is 6.92 Å². The first-order valence-corrected chi connectivity index (χ1v) is 6.81. The monoisotopic (exact) mass is 235 g/mol. The lowest BCUT2D eigenvalue weighted by molar-refractivity contribution is -0.142. The van der Waals surface area contributed by atoms with Crippen molar-refractivity contribution in [3.05, 3.63) is 0 Å². The van der Waals surface area contributed by atoms with Gasteiger partial charge in [0, 0.05) is 6.04 Å². The molecule has 6 heteroatoms. The molecule has 0 aromatic carbocycles.